The number of primary amides is 1. The molecular weight excluding hydrogens is 308 g/mol. The number of carbonyl (C=O) groups is 1. The summed E-state index contributed by atoms with van der Waals surface area (Å²) in [5.41, 5.74) is 6.79. The van der Waals surface area contributed by atoms with Crippen LogP contribution in [0.15, 0.2) is 59.5 Å². The van der Waals surface area contributed by atoms with E-state index in [1.807, 2.05) is 53.9 Å². The molecule has 23 heavy (non-hydrogen) atoms. The molecule has 3 rings (SSSR count). The predicted molar refractivity (Wildman–Crippen MR) is 89.9 cm³/mol. The van der Waals surface area contributed by atoms with Crippen molar-refractivity contribution in [3.8, 4) is 6.07 Å². The zero-order chi connectivity index (χ0) is 16.2. The van der Waals surface area contributed by atoms with E-state index in [1.54, 1.807) is 6.08 Å². The van der Waals surface area contributed by atoms with Crippen LogP contribution in [0.5, 0.6) is 0 Å². The standard InChI is InChI=1S/C18H14N2O2S/c19-11-13-16(18(20)21)14(9-8-12-5-2-1-3-6-12)22-17(13)15-7-4-10-23-15/h1-10,14,16H,(H2,20,21)/b9-8+/t14-,16-/m1/s1. The Balaban J connectivity index is 1.93. The van der Waals surface area contributed by atoms with Crippen LogP contribution in [0.4, 0.5) is 0 Å². The van der Waals surface area contributed by atoms with Crippen molar-refractivity contribution in [2.24, 2.45) is 11.7 Å². The molecule has 2 atom stereocenters. The third-order valence-electron chi connectivity index (χ3n) is 3.59. The van der Waals surface area contributed by atoms with Crippen molar-refractivity contribution in [2.45, 2.75) is 6.10 Å². The number of nitrogens with zero attached hydrogens (tertiary/aromatic N) is 1. The maximum absolute atomic E-state index is 11.8. The minimum Gasteiger partial charge on any atom is -0.483 e. The normalized spacial score (nSPS) is 20.5. The van der Waals surface area contributed by atoms with Crippen molar-refractivity contribution in [3.63, 3.8) is 0 Å². The van der Waals surface area contributed by atoms with Crippen molar-refractivity contribution in [1.29, 1.82) is 5.26 Å². The maximum Gasteiger partial charge on any atom is 0.229 e. The third kappa shape index (κ3) is 3.03. The van der Waals surface area contributed by atoms with Gasteiger partial charge in [0.05, 0.1) is 16.5 Å². The lowest BCUT2D eigenvalue weighted by Crippen LogP contribution is -2.31. The molecule has 5 heteroatoms. The molecule has 1 aliphatic heterocycles. The summed E-state index contributed by atoms with van der Waals surface area (Å²) < 4.78 is 5.88. The minimum atomic E-state index is -0.767. The number of nitrogens with two attached hydrogens (primary N) is 1. The van der Waals surface area contributed by atoms with E-state index in [9.17, 15) is 10.1 Å². The van der Waals surface area contributed by atoms with Gasteiger partial charge in [0.1, 0.15) is 12.0 Å². The highest BCUT2D eigenvalue weighted by Crippen LogP contribution is 2.39. The second-order valence-electron chi connectivity index (χ2n) is 5.06. The van der Waals surface area contributed by atoms with Gasteiger partial charge in [-0.25, -0.2) is 0 Å². The molecular formula is C18H14N2O2S. The number of hydrogen-bond acceptors (Lipinski definition) is 4. The Morgan fingerprint density at radius 1 is 1.26 bits per heavy atom. The average molecular weight is 322 g/mol. The van der Waals surface area contributed by atoms with Gasteiger partial charge in [-0.1, -0.05) is 42.5 Å². The van der Waals surface area contributed by atoms with Crippen LogP contribution in [-0.2, 0) is 9.53 Å². The Kier molecular flexibility index (Phi) is 4.26. The summed E-state index contributed by atoms with van der Waals surface area (Å²) in [6.07, 6.45) is 3.08. The number of rotatable bonds is 4. The Labute approximate surface area is 138 Å². The number of benzene rings is 1. The maximum atomic E-state index is 11.8. The van der Waals surface area contributed by atoms with Crippen molar-refractivity contribution < 1.29 is 9.53 Å². The lowest BCUT2D eigenvalue weighted by molar-refractivity contribution is -0.121. The average Bonchev–Trinajstić information content (AvgIpc) is 3.20. The molecule has 114 valence electrons. The molecule has 4 nitrogen and oxygen atoms in total. The number of ether oxygens (including phenoxy) is 1. The van der Waals surface area contributed by atoms with Crippen LogP contribution < -0.4 is 5.73 Å². The number of nitriles is 1. The van der Waals surface area contributed by atoms with Gasteiger partial charge in [0.15, 0.2) is 5.76 Å². The molecule has 0 saturated carbocycles. The summed E-state index contributed by atoms with van der Waals surface area (Å²) in [6, 6.07) is 15.5. The molecule has 0 spiro atoms. The minimum absolute atomic E-state index is 0.294. The monoisotopic (exact) mass is 322 g/mol. The van der Waals surface area contributed by atoms with Gasteiger partial charge in [0, 0.05) is 0 Å². The predicted octanol–water partition coefficient (Wildman–Crippen LogP) is 3.20. The van der Waals surface area contributed by atoms with Crippen molar-refractivity contribution in [3.05, 3.63) is 69.9 Å². The molecule has 0 radical (unpaired) electrons. The topological polar surface area (TPSA) is 76.1 Å². The number of carbonyl (C=O) groups excluding carboxylic acids is 1. The Morgan fingerprint density at radius 3 is 2.65 bits per heavy atom. The fourth-order valence-electron chi connectivity index (χ4n) is 2.52. The molecule has 0 saturated heterocycles. The fraction of sp³-hybridized carbons (Fsp3) is 0.111. The quantitative estimate of drug-likeness (QED) is 0.939. The first-order valence-electron chi connectivity index (χ1n) is 7.08. The molecule has 2 heterocycles. The third-order valence-corrected chi connectivity index (χ3v) is 4.46. The second-order valence-corrected chi connectivity index (χ2v) is 6.01. The smallest absolute Gasteiger partial charge is 0.229 e. The van der Waals surface area contributed by atoms with Gasteiger partial charge in [-0.3, -0.25) is 4.79 Å². The van der Waals surface area contributed by atoms with Gasteiger partial charge < -0.3 is 10.5 Å². The first-order valence-corrected chi connectivity index (χ1v) is 7.96. The van der Waals surface area contributed by atoms with E-state index in [2.05, 4.69) is 6.07 Å². The molecule has 1 amide bonds. The summed E-state index contributed by atoms with van der Waals surface area (Å²) in [5.74, 6) is -0.873. The van der Waals surface area contributed by atoms with Gasteiger partial charge in [0.25, 0.3) is 0 Å². The van der Waals surface area contributed by atoms with Gasteiger partial charge in [-0.05, 0) is 23.1 Å². The summed E-state index contributed by atoms with van der Waals surface area (Å²) in [7, 11) is 0. The van der Waals surface area contributed by atoms with Gasteiger partial charge in [0.2, 0.25) is 5.91 Å². The summed E-state index contributed by atoms with van der Waals surface area (Å²) >= 11 is 1.46. The molecule has 1 aliphatic rings. The van der Waals surface area contributed by atoms with Crippen LogP contribution in [0.3, 0.4) is 0 Å². The molecule has 0 fully saturated rings. The highest BCUT2D eigenvalue weighted by Gasteiger charge is 2.40. The Bertz CT molecular complexity index is 801. The highest BCUT2D eigenvalue weighted by molar-refractivity contribution is 7.11. The highest BCUT2D eigenvalue weighted by atomic mass is 32.1. The largest absolute Gasteiger partial charge is 0.483 e. The van der Waals surface area contributed by atoms with E-state index in [1.165, 1.54) is 11.3 Å². The molecule has 2 N–H and O–H groups in total. The Morgan fingerprint density at radius 2 is 2.04 bits per heavy atom. The molecule has 1 aromatic heterocycles. The van der Waals surface area contributed by atoms with Crippen LogP contribution >= 0.6 is 11.3 Å². The van der Waals surface area contributed by atoms with Crippen molar-refractivity contribution >= 4 is 29.1 Å². The zero-order valence-corrected chi connectivity index (χ0v) is 13.0. The first kappa shape index (κ1) is 15.1. The summed E-state index contributed by atoms with van der Waals surface area (Å²) in [6.45, 7) is 0. The lowest BCUT2D eigenvalue weighted by atomic mass is 9.94. The van der Waals surface area contributed by atoms with Crippen LogP contribution in [0, 0.1) is 17.2 Å². The fourth-order valence-corrected chi connectivity index (χ4v) is 3.24. The van der Waals surface area contributed by atoms with Crippen molar-refractivity contribution in [2.75, 3.05) is 0 Å². The molecule has 2 aromatic rings. The summed E-state index contributed by atoms with van der Waals surface area (Å²) in [5, 5.41) is 11.3. The summed E-state index contributed by atoms with van der Waals surface area (Å²) in [4.78, 5) is 12.7. The van der Waals surface area contributed by atoms with E-state index in [0.29, 0.717) is 11.3 Å². The second kappa shape index (κ2) is 6.51. The van der Waals surface area contributed by atoms with Gasteiger partial charge >= 0.3 is 0 Å². The van der Waals surface area contributed by atoms with Gasteiger partial charge in [-0.15, -0.1) is 11.3 Å². The van der Waals surface area contributed by atoms with E-state index in [0.717, 1.165) is 10.4 Å². The first-order chi connectivity index (χ1) is 11.2. The van der Waals surface area contributed by atoms with Crippen LogP contribution in [0.2, 0.25) is 0 Å². The van der Waals surface area contributed by atoms with E-state index >= 15 is 0 Å². The SMILES string of the molecule is N#CC1=C(c2cccs2)O[C@H](/C=C/c2ccccc2)[C@@H]1C(N)=O. The lowest BCUT2D eigenvalue weighted by Gasteiger charge is -2.13. The number of hydrogen-bond donors (Lipinski definition) is 1. The van der Waals surface area contributed by atoms with E-state index in [-0.39, 0.29) is 0 Å². The van der Waals surface area contributed by atoms with Crippen molar-refractivity contribution in [1.82, 2.24) is 0 Å². The number of thiophene rings is 1. The number of amides is 1. The molecule has 0 unspecified atom stereocenters. The van der Waals surface area contributed by atoms with E-state index in [4.69, 9.17) is 10.5 Å². The molecule has 1 aromatic carbocycles. The zero-order valence-electron chi connectivity index (χ0n) is 12.2. The van der Waals surface area contributed by atoms with E-state index < -0.39 is 17.9 Å². The van der Waals surface area contributed by atoms with Crippen LogP contribution in [0.25, 0.3) is 11.8 Å². The van der Waals surface area contributed by atoms with Crippen LogP contribution in [-0.4, -0.2) is 12.0 Å². The Hall–Kier alpha value is -2.84. The molecule has 0 aliphatic carbocycles. The molecule has 0 bridgehead atoms. The van der Waals surface area contributed by atoms with Gasteiger partial charge in [-0.2, -0.15) is 5.26 Å². The van der Waals surface area contributed by atoms with Crippen LogP contribution in [0.1, 0.15) is 10.4 Å².